The van der Waals surface area contributed by atoms with Gasteiger partial charge in [-0.05, 0) is 25.7 Å². The van der Waals surface area contributed by atoms with E-state index < -0.39 is 0 Å². The van der Waals surface area contributed by atoms with Crippen molar-refractivity contribution in [3.63, 3.8) is 0 Å². The topological polar surface area (TPSA) is 38.0 Å². The Labute approximate surface area is 85.5 Å². The summed E-state index contributed by atoms with van der Waals surface area (Å²) in [5, 5.41) is 0. The first-order chi connectivity index (χ1) is 6.33. The van der Waals surface area contributed by atoms with E-state index in [1.54, 1.807) is 5.57 Å². The zero-order valence-electron chi connectivity index (χ0n) is 8.01. The summed E-state index contributed by atoms with van der Waals surface area (Å²) in [4.78, 5) is 0.733. The highest BCUT2D eigenvalue weighted by Gasteiger charge is 2.03. The van der Waals surface area contributed by atoms with E-state index >= 15 is 0 Å². The number of nitrogens with one attached hydrogen (secondary N) is 1. The summed E-state index contributed by atoms with van der Waals surface area (Å²) in [5.74, 6) is 5.20. The molecule has 0 atom stereocenters. The number of nitrogens with two attached hydrogens (primary N) is 1. The van der Waals surface area contributed by atoms with E-state index in [1.165, 1.54) is 38.5 Å². The quantitative estimate of drug-likeness (QED) is 0.235. The lowest BCUT2D eigenvalue weighted by Gasteiger charge is -2.03. The molecule has 0 unspecified atom stereocenters. The number of allylic oxidation sites excluding steroid dienone is 1. The van der Waals surface area contributed by atoms with Gasteiger partial charge in [-0.2, -0.15) is 0 Å². The molecule has 1 aliphatic rings. The maximum absolute atomic E-state index is 5.20. The molecule has 3 N–H and O–H groups in total. The Morgan fingerprint density at radius 3 is 2.46 bits per heavy atom. The summed E-state index contributed by atoms with van der Waals surface area (Å²) in [6, 6.07) is 0. The predicted molar refractivity (Wildman–Crippen MR) is 60.3 cm³/mol. The summed E-state index contributed by atoms with van der Waals surface area (Å²) < 4.78 is 0. The summed E-state index contributed by atoms with van der Waals surface area (Å²) in [7, 11) is 0. The lowest BCUT2D eigenvalue weighted by molar-refractivity contribution is 0.702. The number of hydrogen-bond acceptors (Lipinski definition) is 2. The van der Waals surface area contributed by atoms with Gasteiger partial charge < -0.3 is 5.43 Å². The Bertz CT molecular complexity index is 189. The number of rotatable bonds is 2. The van der Waals surface area contributed by atoms with Gasteiger partial charge in [-0.3, -0.25) is 5.84 Å². The minimum atomic E-state index is 0.733. The predicted octanol–water partition coefficient (Wildman–Crippen LogP) is 2.45. The van der Waals surface area contributed by atoms with E-state index in [1.807, 2.05) is 0 Å². The summed E-state index contributed by atoms with van der Waals surface area (Å²) >= 11 is 4.98. The van der Waals surface area contributed by atoms with E-state index in [-0.39, 0.29) is 0 Å². The Morgan fingerprint density at radius 1 is 1.31 bits per heavy atom. The van der Waals surface area contributed by atoms with Gasteiger partial charge in [0, 0.05) is 6.42 Å². The van der Waals surface area contributed by atoms with Gasteiger partial charge >= 0.3 is 0 Å². The van der Waals surface area contributed by atoms with Crippen LogP contribution in [0, 0.1) is 0 Å². The molecule has 1 saturated carbocycles. The lowest BCUT2D eigenvalue weighted by Crippen LogP contribution is -2.27. The van der Waals surface area contributed by atoms with Crippen LogP contribution in [0.25, 0.3) is 0 Å². The van der Waals surface area contributed by atoms with Crippen LogP contribution in [0.4, 0.5) is 0 Å². The average molecular weight is 198 g/mol. The molecule has 0 saturated heterocycles. The van der Waals surface area contributed by atoms with Crippen LogP contribution >= 0.6 is 12.2 Å². The smallest absolute Gasteiger partial charge is 0.0931 e. The molecule has 1 fully saturated rings. The van der Waals surface area contributed by atoms with Gasteiger partial charge in [-0.15, -0.1) is 0 Å². The fourth-order valence-electron chi connectivity index (χ4n) is 1.68. The number of hydrazine groups is 1. The molecule has 3 heteroatoms. The molecule has 0 amide bonds. The second kappa shape index (κ2) is 6.11. The van der Waals surface area contributed by atoms with Gasteiger partial charge in [-0.25, -0.2) is 0 Å². The van der Waals surface area contributed by atoms with Crippen molar-refractivity contribution >= 4 is 17.2 Å². The van der Waals surface area contributed by atoms with Crippen LogP contribution in [0.5, 0.6) is 0 Å². The second-order valence-electron chi connectivity index (χ2n) is 3.55. The molecule has 2 nitrogen and oxygen atoms in total. The third kappa shape index (κ3) is 4.39. The second-order valence-corrected chi connectivity index (χ2v) is 4.04. The Balaban J connectivity index is 2.34. The van der Waals surface area contributed by atoms with Crippen LogP contribution in [0.2, 0.25) is 0 Å². The first-order valence-electron chi connectivity index (χ1n) is 5.00. The van der Waals surface area contributed by atoms with Crippen LogP contribution in [-0.4, -0.2) is 4.99 Å². The molecule has 0 bridgehead atoms. The monoisotopic (exact) mass is 198 g/mol. The van der Waals surface area contributed by atoms with E-state index in [9.17, 15) is 0 Å². The maximum Gasteiger partial charge on any atom is 0.0931 e. The van der Waals surface area contributed by atoms with E-state index in [0.717, 1.165) is 11.4 Å². The first kappa shape index (κ1) is 10.7. The van der Waals surface area contributed by atoms with Crippen LogP contribution in [-0.2, 0) is 0 Å². The highest BCUT2D eigenvalue weighted by atomic mass is 32.1. The summed E-state index contributed by atoms with van der Waals surface area (Å²) in [5.41, 5.74) is 4.07. The van der Waals surface area contributed by atoms with Crippen LogP contribution in [0.1, 0.15) is 44.9 Å². The largest absolute Gasteiger partial charge is 0.318 e. The van der Waals surface area contributed by atoms with E-state index in [0.29, 0.717) is 0 Å². The van der Waals surface area contributed by atoms with Gasteiger partial charge in [0.2, 0.25) is 0 Å². The van der Waals surface area contributed by atoms with Crippen molar-refractivity contribution in [2.45, 2.75) is 44.9 Å². The van der Waals surface area contributed by atoms with Gasteiger partial charge in [0.25, 0.3) is 0 Å². The lowest BCUT2D eigenvalue weighted by atomic mass is 10.1. The fraction of sp³-hybridized carbons (Fsp3) is 0.700. The third-order valence-corrected chi connectivity index (χ3v) is 2.77. The summed E-state index contributed by atoms with van der Waals surface area (Å²) in [6.07, 6.45) is 11.0. The molecule has 1 rings (SSSR count). The highest BCUT2D eigenvalue weighted by molar-refractivity contribution is 7.80. The Morgan fingerprint density at radius 2 is 1.92 bits per heavy atom. The molecule has 13 heavy (non-hydrogen) atoms. The zero-order valence-corrected chi connectivity index (χ0v) is 8.83. The first-order valence-corrected chi connectivity index (χ1v) is 5.41. The minimum Gasteiger partial charge on any atom is -0.318 e. The normalized spacial score (nSPS) is 17.8. The van der Waals surface area contributed by atoms with Crippen molar-refractivity contribution in [3.05, 3.63) is 11.6 Å². The molecule has 1 aliphatic carbocycles. The van der Waals surface area contributed by atoms with Crippen molar-refractivity contribution in [2.75, 3.05) is 0 Å². The molecular weight excluding hydrogens is 180 g/mol. The zero-order chi connectivity index (χ0) is 9.52. The van der Waals surface area contributed by atoms with Crippen molar-refractivity contribution in [2.24, 2.45) is 5.84 Å². The van der Waals surface area contributed by atoms with Gasteiger partial charge in [0.1, 0.15) is 0 Å². The van der Waals surface area contributed by atoms with Crippen molar-refractivity contribution < 1.29 is 0 Å². The molecule has 0 aromatic rings. The van der Waals surface area contributed by atoms with E-state index in [2.05, 4.69) is 11.5 Å². The van der Waals surface area contributed by atoms with Crippen LogP contribution < -0.4 is 11.3 Å². The average Bonchev–Trinajstić information content (AvgIpc) is 2.42. The number of hydrogen-bond donors (Lipinski definition) is 2. The molecule has 0 heterocycles. The third-order valence-electron chi connectivity index (χ3n) is 2.48. The van der Waals surface area contributed by atoms with Crippen molar-refractivity contribution in [3.8, 4) is 0 Å². The van der Waals surface area contributed by atoms with Crippen molar-refractivity contribution in [1.29, 1.82) is 0 Å². The van der Waals surface area contributed by atoms with Crippen LogP contribution in [0.15, 0.2) is 11.6 Å². The summed E-state index contributed by atoms with van der Waals surface area (Å²) in [6.45, 7) is 0. The highest BCUT2D eigenvalue weighted by Crippen LogP contribution is 2.22. The molecular formula is C10H18N2S. The maximum atomic E-state index is 5.20. The Kier molecular flexibility index (Phi) is 5.01. The Hall–Kier alpha value is -0.410. The van der Waals surface area contributed by atoms with Gasteiger partial charge in [0.05, 0.1) is 4.99 Å². The number of thiocarbonyl (C=S) groups is 1. The van der Waals surface area contributed by atoms with Gasteiger partial charge in [0.15, 0.2) is 0 Å². The van der Waals surface area contributed by atoms with E-state index in [4.69, 9.17) is 18.1 Å². The van der Waals surface area contributed by atoms with Crippen LogP contribution in [0.3, 0.4) is 0 Å². The molecule has 74 valence electrons. The standard InChI is InChI=1S/C10H18N2S/c11-12-10(13)8-7-9-5-3-1-2-4-6-9/h7H,1-6,8,11H2,(H,12,13). The molecule has 0 aromatic heterocycles. The van der Waals surface area contributed by atoms with Gasteiger partial charge in [-0.1, -0.05) is 36.7 Å². The molecule has 0 radical (unpaired) electrons. The fourth-order valence-corrected chi connectivity index (χ4v) is 1.77. The molecule has 0 spiro atoms. The molecule has 0 aliphatic heterocycles. The van der Waals surface area contributed by atoms with Crippen molar-refractivity contribution in [1.82, 2.24) is 5.43 Å². The SMILES string of the molecule is NNC(=S)CC=C1CCCCCC1. The minimum absolute atomic E-state index is 0.733. The molecule has 0 aromatic carbocycles.